The molecule has 116 valence electrons. The summed E-state index contributed by atoms with van der Waals surface area (Å²) in [5.41, 5.74) is 0.431. The largest absolute Gasteiger partial charge is 0.337 e. The van der Waals surface area contributed by atoms with E-state index in [1.807, 2.05) is 4.90 Å². The van der Waals surface area contributed by atoms with E-state index < -0.39 is 4.92 Å². The smallest absolute Gasteiger partial charge is 0.324 e. The van der Waals surface area contributed by atoms with Crippen LogP contribution in [0.5, 0.6) is 0 Å². The van der Waals surface area contributed by atoms with Crippen LogP contribution < -0.4 is 5.32 Å². The second-order valence-electron chi connectivity index (χ2n) is 5.33. The zero-order chi connectivity index (χ0) is 15.2. The molecule has 0 spiro atoms. The molecule has 1 atom stereocenters. The summed E-state index contributed by atoms with van der Waals surface area (Å²) in [5.74, 6) is -0.0958. The van der Waals surface area contributed by atoms with E-state index in [0.29, 0.717) is 24.7 Å². The maximum atomic E-state index is 12.6. The Morgan fingerprint density at radius 1 is 1.62 bits per heavy atom. The van der Waals surface area contributed by atoms with Gasteiger partial charge in [-0.1, -0.05) is 24.7 Å². The van der Waals surface area contributed by atoms with Gasteiger partial charge in [-0.25, -0.2) is 0 Å². The molecule has 1 fully saturated rings. The molecule has 0 aromatic carbocycles. The number of rotatable bonds is 7. The number of amides is 1. The molecule has 1 amide bonds. The first-order valence-electron chi connectivity index (χ1n) is 7.37. The lowest BCUT2D eigenvalue weighted by molar-refractivity contribution is -0.380. The Labute approximate surface area is 128 Å². The third-order valence-electron chi connectivity index (χ3n) is 3.68. The predicted molar refractivity (Wildman–Crippen MR) is 82.8 cm³/mol. The van der Waals surface area contributed by atoms with Crippen LogP contribution in [0.3, 0.4) is 0 Å². The van der Waals surface area contributed by atoms with Gasteiger partial charge in [0.15, 0.2) is 0 Å². The summed E-state index contributed by atoms with van der Waals surface area (Å²) in [6.45, 7) is 4.48. The third kappa shape index (κ3) is 4.25. The molecule has 2 rings (SSSR count). The van der Waals surface area contributed by atoms with Crippen molar-refractivity contribution in [3.8, 4) is 0 Å². The first-order chi connectivity index (χ1) is 10.1. The van der Waals surface area contributed by atoms with Gasteiger partial charge in [0.25, 0.3) is 5.91 Å². The number of nitrogens with zero attached hydrogens (tertiary/aromatic N) is 2. The fourth-order valence-corrected chi connectivity index (χ4v) is 3.22. The summed E-state index contributed by atoms with van der Waals surface area (Å²) in [4.78, 5) is 24.7. The van der Waals surface area contributed by atoms with Crippen molar-refractivity contribution < 1.29 is 9.72 Å². The van der Waals surface area contributed by atoms with Gasteiger partial charge in [-0.3, -0.25) is 14.9 Å². The van der Waals surface area contributed by atoms with Crippen molar-refractivity contribution in [3.63, 3.8) is 0 Å². The molecule has 1 aromatic heterocycles. The van der Waals surface area contributed by atoms with Crippen molar-refractivity contribution >= 4 is 22.2 Å². The van der Waals surface area contributed by atoms with Gasteiger partial charge in [0.2, 0.25) is 0 Å². The van der Waals surface area contributed by atoms with Gasteiger partial charge in [0.1, 0.15) is 0 Å². The van der Waals surface area contributed by atoms with Crippen LogP contribution in [0.2, 0.25) is 0 Å². The number of nitrogens with one attached hydrogen (secondary N) is 1. The Kier molecular flexibility index (Phi) is 5.69. The summed E-state index contributed by atoms with van der Waals surface area (Å²) in [5, 5.41) is 15.7. The zero-order valence-corrected chi connectivity index (χ0v) is 13.0. The zero-order valence-electron chi connectivity index (χ0n) is 12.2. The molecule has 6 nitrogen and oxygen atoms in total. The second-order valence-corrected chi connectivity index (χ2v) is 6.22. The average Bonchev–Trinajstić information content (AvgIpc) is 3.13. The Balaban J connectivity index is 2.05. The van der Waals surface area contributed by atoms with E-state index in [9.17, 15) is 14.9 Å². The van der Waals surface area contributed by atoms with Crippen LogP contribution in [-0.2, 0) is 0 Å². The van der Waals surface area contributed by atoms with Crippen molar-refractivity contribution in [2.24, 2.45) is 0 Å². The van der Waals surface area contributed by atoms with Crippen LogP contribution in [-0.4, -0.2) is 41.4 Å². The van der Waals surface area contributed by atoms with Crippen molar-refractivity contribution in [2.45, 2.75) is 38.6 Å². The molecular formula is C14H21N3O3S. The van der Waals surface area contributed by atoms with Gasteiger partial charge in [0, 0.05) is 30.6 Å². The maximum absolute atomic E-state index is 12.6. The number of carbonyl (C=O) groups is 1. The summed E-state index contributed by atoms with van der Waals surface area (Å²) in [7, 11) is 0. The van der Waals surface area contributed by atoms with Crippen LogP contribution >= 0.6 is 11.3 Å². The lowest BCUT2D eigenvalue weighted by Gasteiger charge is -2.25. The van der Waals surface area contributed by atoms with Crippen LogP contribution in [0.4, 0.5) is 5.00 Å². The molecule has 1 aromatic rings. The van der Waals surface area contributed by atoms with Gasteiger partial charge >= 0.3 is 5.00 Å². The minimum atomic E-state index is -0.448. The molecule has 1 aliphatic heterocycles. The molecule has 0 radical (unpaired) electrons. The monoisotopic (exact) mass is 311 g/mol. The van der Waals surface area contributed by atoms with Crippen molar-refractivity contribution in [2.75, 3.05) is 19.6 Å². The molecule has 0 aliphatic carbocycles. The third-order valence-corrected chi connectivity index (χ3v) is 4.56. The van der Waals surface area contributed by atoms with E-state index in [1.54, 1.807) is 5.38 Å². The maximum Gasteiger partial charge on any atom is 0.324 e. The molecule has 1 saturated heterocycles. The summed E-state index contributed by atoms with van der Waals surface area (Å²) < 4.78 is 0. The van der Waals surface area contributed by atoms with Crippen molar-refractivity contribution in [3.05, 3.63) is 27.1 Å². The normalized spacial score (nSPS) is 17.9. The van der Waals surface area contributed by atoms with Gasteiger partial charge < -0.3 is 10.2 Å². The quantitative estimate of drug-likeness (QED) is 0.620. The van der Waals surface area contributed by atoms with E-state index in [2.05, 4.69) is 12.2 Å². The number of hydrogen-bond donors (Lipinski definition) is 1. The van der Waals surface area contributed by atoms with E-state index in [4.69, 9.17) is 0 Å². The van der Waals surface area contributed by atoms with E-state index in [1.165, 1.54) is 6.07 Å². The Hall–Kier alpha value is -1.47. The van der Waals surface area contributed by atoms with E-state index >= 15 is 0 Å². The van der Waals surface area contributed by atoms with Gasteiger partial charge in [-0.2, -0.15) is 0 Å². The van der Waals surface area contributed by atoms with Crippen LogP contribution in [0.1, 0.15) is 43.0 Å². The van der Waals surface area contributed by atoms with Crippen LogP contribution in [0, 0.1) is 10.1 Å². The average molecular weight is 311 g/mol. The summed E-state index contributed by atoms with van der Waals surface area (Å²) >= 11 is 1.01. The molecule has 1 aliphatic rings. The van der Waals surface area contributed by atoms with Crippen LogP contribution in [0.15, 0.2) is 11.4 Å². The fraction of sp³-hybridized carbons (Fsp3) is 0.643. The number of carbonyl (C=O) groups excluding carboxylic acids is 1. The minimum Gasteiger partial charge on any atom is -0.337 e. The molecular weight excluding hydrogens is 290 g/mol. The van der Waals surface area contributed by atoms with Crippen LogP contribution in [0.25, 0.3) is 0 Å². The molecule has 0 saturated carbocycles. The highest BCUT2D eigenvalue weighted by Gasteiger charge is 2.24. The first-order valence-corrected chi connectivity index (χ1v) is 8.25. The molecule has 0 bridgehead atoms. The molecule has 1 N–H and O–H groups in total. The van der Waals surface area contributed by atoms with Gasteiger partial charge in [0.05, 0.1) is 10.5 Å². The topological polar surface area (TPSA) is 75.5 Å². The minimum absolute atomic E-state index is 0.0211. The van der Waals surface area contributed by atoms with E-state index in [-0.39, 0.29) is 10.9 Å². The lowest BCUT2D eigenvalue weighted by Crippen LogP contribution is -2.41. The Bertz CT molecular complexity index is 497. The van der Waals surface area contributed by atoms with Gasteiger partial charge in [-0.05, 0) is 25.8 Å². The molecule has 1 unspecified atom stereocenters. The predicted octanol–water partition coefficient (Wildman–Crippen LogP) is 2.65. The highest BCUT2D eigenvalue weighted by molar-refractivity contribution is 7.13. The van der Waals surface area contributed by atoms with Crippen molar-refractivity contribution in [1.29, 1.82) is 0 Å². The molecule has 21 heavy (non-hydrogen) atoms. The first kappa shape index (κ1) is 15.9. The highest BCUT2D eigenvalue weighted by atomic mass is 32.1. The number of unbranched alkanes of at least 4 members (excludes halogenated alkanes) is 1. The molecule has 2 heterocycles. The fourth-order valence-electron chi connectivity index (χ4n) is 2.52. The highest BCUT2D eigenvalue weighted by Crippen LogP contribution is 2.24. The SMILES string of the molecule is CCCCN(CC1CCCN1)C(=O)c1csc([N+](=O)[O-])c1. The van der Waals surface area contributed by atoms with Crippen molar-refractivity contribution in [1.82, 2.24) is 10.2 Å². The summed E-state index contributed by atoms with van der Waals surface area (Å²) in [6, 6.07) is 1.73. The number of nitro groups is 1. The summed E-state index contributed by atoms with van der Waals surface area (Å²) in [6.07, 6.45) is 4.19. The number of hydrogen-bond acceptors (Lipinski definition) is 5. The standard InChI is InChI=1S/C14H21N3O3S/c1-2-3-7-16(9-12-5-4-6-15-12)14(18)11-8-13(17(19)20)21-10-11/h8,10,12,15H,2-7,9H2,1H3. The van der Waals surface area contributed by atoms with Gasteiger partial charge in [-0.15, -0.1) is 0 Å². The lowest BCUT2D eigenvalue weighted by atomic mass is 10.2. The Morgan fingerprint density at radius 2 is 2.43 bits per heavy atom. The number of thiophene rings is 1. The van der Waals surface area contributed by atoms with E-state index in [0.717, 1.165) is 43.6 Å². The Morgan fingerprint density at radius 3 is 3.00 bits per heavy atom. The molecule has 7 heteroatoms. The second kappa shape index (κ2) is 7.51.